The summed E-state index contributed by atoms with van der Waals surface area (Å²) in [6.07, 6.45) is 0.342. The molecule has 154 valence electrons. The van der Waals surface area contributed by atoms with Crippen LogP contribution in [0.5, 0.6) is 17.2 Å². The van der Waals surface area contributed by atoms with Crippen LogP contribution in [0.15, 0.2) is 48.5 Å². The molecule has 3 rings (SSSR count). The standard InChI is InChI=1S/C22H26N2O5/c1-27-18-9-7-17(8-10-18)15-21(25)23-11-13-24(14-12-23)22(26)16-29-20-6-4-3-5-19(20)28-2/h3-10H,11-16H2,1-2H3. The van der Waals surface area contributed by atoms with Gasteiger partial charge in [0.25, 0.3) is 5.91 Å². The summed E-state index contributed by atoms with van der Waals surface area (Å²) in [5.74, 6) is 1.86. The third-order valence-electron chi connectivity index (χ3n) is 4.92. The number of para-hydroxylation sites is 2. The van der Waals surface area contributed by atoms with Crippen LogP contribution in [0.1, 0.15) is 5.56 Å². The summed E-state index contributed by atoms with van der Waals surface area (Å²) >= 11 is 0. The molecule has 2 aromatic carbocycles. The number of nitrogens with zero attached hydrogens (tertiary/aromatic N) is 2. The van der Waals surface area contributed by atoms with Crippen LogP contribution < -0.4 is 14.2 Å². The van der Waals surface area contributed by atoms with E-state index in [1.807, 2.05) is 36.4 Å². The van der Waals surface area contributed by atoms with Crippen LogP contribution in [0.2, 0.25) is 0 Å². The molecule has 0 bridgehead atoms. The number of carbonyl (C=O) groups is 2. The third kappa shape index (κ3) is 5.40. The van der Waals surface area contributed by atoms with Gasteiger partial charge >= 0.3 is 0 Å². The minimum atomic E-state index is -0.0989. The Bertz CT molecular complexity index is 829. The first-order valence-corrected chi connectivity index (χ1v) is 9.55. The van der Waals surface area contributed by atoms with Crippen LogP contribution in [0, 0.1) is 0 Å². The number of piperazine rings is 1. The Labute approximate surface area is 170 Å². The average molecular weight is 398 g/mol. The lowest BCUT2D eigenvalue weighted by atomic mass is 10.1. The van der Waals surface area contributed by atoms with E-state index in [1.54, 1.807) is 36.2 Å². The van der Waals surface area contributed by atoms with Crippen LogP contribution >= 0.6 is 0 Å². The molecule has 1 fully saturated rings. The molecule has 1 aliphatic heterocycles. The zero-order chi connectivity index (χ0) is 20.6. The fourth-order valence-electron chi connectivity index (χ4n) is 3.20. The maximum Gasteiger partial charge on any atom is 0.260 e. The van der Waals surface area contributed by atoms with E-state index >= 15 is 0 Å². The molecule has 1 heterocycles. The quantitative estimate of drug-likeness (QED) is 0.714. The molecular weight excluding hydrogens is 372 g/mol. The van der Waals surface area contributed by atoms with Crippen molar-refractivity contribution in [1.82, 2.24) is 9.80 Å². The summed E-state index contributed by atoms with van der Waals surface area (Å²) in [6.45, 7) is 2.00. The van der Waals surface area contributed by atoms with Crippen molar-refractivity contribution in [3.8, 4) is 17.2 Å². The second-order valence-corrected chi connectivity index (χ2v) is 6.73. The summed E-state index contributed by atoms with van der Waals surface area (Å²) < 4.78 is 16.0. The molecule has 0 spiro atoms. The van der Waals surface area contributed by atoms with Crippen molar-refractivity contribution < 1.29 is 23.8 Å². The van der Waals surface area contributed by atoms with E-state index < -0.39 is 0 Å². The second-order valence-electron chi connectivity index (χ2n) is 6.73. The molecule has 0 aliphatic carbocycles. The van der Waals surface area contributed by atoms with Gasteiger partial charge in [-0.05, 0) is 29.8 Å². The van der Waals surface area contributed by atoms with Gasteiger partial charge in [-0.3, -0.25) is 9.59 Å². The van der Waals surface area contributed by atoms with E-state index in [2.05, 4.69) is 0 Å². The normalized spacial score (nSPS) is 13.7. The van der Waals surface area contributed by atoms with Gasteiger partial charge in [0.15, 0.2) is 18.1 Å². The van der Waals surface area contributed by atoms with E-state index in [-0.39, 0.29) is 18.4 Å². The van der Waals surface area contributed by atoms with Gasteiger partial charge in [0, 0.05) is 26.2 Å². The van der Waals surface area contributed by atoms with Crippen LogP contribution in [0.4, 0.5) is 0 Å². The van der Waals surface area contributed by atoms with Crippen molar-refractivity contribution in [2.24, 2.45) is 0 Å². The van der Waals surface area contributed by atoms with Crippen molar-refractivity contribution >= 4 is 11.8 Å². The second kappa shape index (κ2) is 9.82. The Kier molecular flexibility index (Phi) is 6.94. The Morgan fingerprint density at radius 3 is 1.97 bits per heavy atom. The number of hydrogen-bond donors (Lipinski definition) is 0. The van der Waals surface area contributed by atoms with Gasteiger partial charge in [-0.25, -0.2) is 0 Å². The van der Waals surface area contributed by atoms with Gasteiger partial charge in [0.2, 0.25) is 5.91 Å². The molecule has 0 N–H and O–H groups in total. The molecule has 0 atom stereocenters. The highest BCUT2D eigenvalue weighted by atomic mass is 16.5. The summed E-state index contributed by atoms with van der Waals surface area (Å²) in [7, 11) is 3.18. The number of ether oxygens (including phenoxy) is 3. The van der Waals surface area contributed by atoms with Crippen LogP contribution in [-0.4, -0.2) is 68.6 Å². The first-order valence-electron chi connectivity index (χ1n) is 9.55. The monoisotopic (exact) mass is 398 g/mol. The number of amides is 2. The minimum absolute atomic E-state index is 0.0554. The lowest BCUT2D eigenvalue weighted by molar-refractivity contribution is -0.140. The molecule has 1 saturated heterocycles. The summed E-state index contributed by atoms with van der Waals surface area (Å²) in [6, 6.07) is 14.7. The molecule has 0 saturated carbocycles. The van der Waals surface area contributed by atoms with Crippen molar-refractivity contribution in [2.75, 3.05) is 47.0 Å². The molecule has 0 radical (unpaired) electrons. The van der Waals surface area contributed by atoms with E-state index in [4.69, 9.17) is 14.2 Å². The van der Waals surface area contributed by atoms with Crippen molar-refractivity contribution in [3.63, 3.8) is 0 Å². The van der Waals surface area contributed by atoms with Gasteiger partial charge in [0.05, 0.1) is 20.6 Å². The predicted octanol–water partition coefficient (Wildman–Crippen LogP) is 2.00. The highest BCUT2D eigenvalue weighted by molar-refractivity contribution is 5.80. The smallest absolute Gasteiger partial charge is 0.260 e. The van der Waals surface area contributed by atoms with E-state index in [1.165, 1.54) is 0 Å². The molecular formula is C22H26N2O5. The Morgan fingerprint density at radius 2 is 1.38 bits per heavy atom. The molecule has 2 amide bonds. The number of hydrogen-bond acceptors (Lipinski definition) is 5. The lowest BCUT2D eigenvalue weighted by Gasteiger charge is -2.34. The topological polar surface area (TPSA) is 68.3 Å². The van der Waals surface area contributed by atoms with Crippen molar-refractivity contribution in [2.45, 2.75) is 6.42 Å². The summed E-state index contributed by atoms with van der Waals surface area (Å²) in [5, 5.41) is 0. The Morgan fingerprint density at radius 1 is 0.793 bits per heavy atom. The minimum Gasteiger partial charge on any atom is -0.497 e. The maximum atomic E-state index is 12.5. The molecule has 7 nitrogen and oxygen atoms in total. The first kappa shape index (κ1) is 20.5. The fraction of sp³-hybridized carbons (Fsp3) is 0.364. The Balaban J connectivity index is 1.45. The van der Waals surface area contributed by atoms with Gasteiger partial charge in [-0.15, -0.1) is 0 Å². The van der Waals surface area contributed by atoms with E-state index in [0.29, 0.717) is 44.1 Å². The highest BCUT2D eigenvalue weighted by Gasteiger charge is 2.24. The van der Waals surface area contributed by atoms with Gasteiger partial charge in [0.1, 0.15) is 5.75 Å². The van der Waals surface area contributed by atoms with Crippen LogP contribution in [-0.2, 0) is 16.0 Å². The predicted molar refractivity (Wildman–Crippen MR) is 108 cm³/mol. The molecule has 0 unspecified atom stereocenters. The third-order valence-corrected chi connectivity index (χ3v) is 4.92. The summed E-state index contributed by atoms with van der Waals surface area (Å²) in [5.41, 5.74) is 0.944. The molecule has 29 heavy (non-hydrogen) atoms. The SMILES string of the molecule is COc1ccc(CC(=O)N2CCN(C(=O)COc3ccccc3OC)CC2)cc1. The van der Waals surface area contributed by atoms with E-state index in [0.717, 1.165) is 11.3 Å². The summed E-state index contributed by atoms with van der Waals surface area (Å²) in [4.78, 5) is 28.5. The van der Waals surface area contributed by atoms with Crippen LogP contribution in [0.3, 0.4) is 0 Å². The number of rotatable bonds is 7. The van der Waals surface area contributed by atoms with Crippen molar-refractivity contribution in [1.29, 1.82) is 0 Å². The molecule has 1 aliphatic rings. The molecule has 7 heteroatoms. The lowest BCUT2D eigenvalue weighted by Crippen LogP contribution is -2.52. The van der Waals surface area contributed by atoms with Crippen molar-refractivity contribution in [3.05, 3.63) is 54.1 Å². The highest BCUT2D eigenvalue weighted by Crippen LogP contribution is 2.25. The number of benzene rings is 2. The van der Waals surface area contributed by atoms with Gasteiger partial charge in [-0.2, -0.15) is 0 Å². The molecule has 0 aromatic heterocycles. The van der Waals surface area contributed by atoms with Gasteiger partial charge < -0.3 is 24.0 Å². The zero-order valence-corrected chi connectivity index (χ0v) is 16.8. The van der Waals surface area contributed by atoms with E-state index in [9.17, 15) is 9.59 Å². The van der Waals surface area contributed by atoms with Gasteiger partial charge in [-0.1, -0.05) is 24.3 Å². The maximum absolute atomic E-state index is 12.5. The average Bonchev–Trinajstić information content (AvgIpc) is 2.78. The first-order chi connectivity index (χ1) is 14.1. The number of carbonyl (C=O) groups excluding carboxylic acids is 2. The largest absolute Gasteiger partial charge is 0.497 e. The zero-order valence-electron chi connectivity index (χ0n) is 16.8. The van der Waals surface area contributed by atoms with Crippen LogP contribution in [0.25, 0.3) is 0 Å². The molecule has 2 aromatic rings. The number of methoxy groups -OCH3 is 2. The Hall–Kier alpha value is -3.22. The fourth-order valence-corrected chi connectivity index (χ4v) is 3.20.